The zero-order valence-electron chi connectivity index (χ0n) is 15.6. The third kappa shape index (κ3) is 3.01. The Kier molecular flexibility index (Phi) is 4.79. The van der Waals surface area contributed by atoms with Gasteiger partial charge < -0.3 is 23.7 Å². The summed E-state index contributed by atoms with van der Waals surface area (Å²) in [5.41, 5.74) is 2.69. The first-order valence-electron chi connectivity index (χ1n) is 8.83. The molecule has 2 aliphatic heterocycles. The lowest BCUT2D eigenvalue weighted by Crippen LogP contribution is -2.32. The van der Waals surface area contributed by atoms with E-state index in [1.54, 1.807) is 19.2 Å². The summed E-state index contributed by atoms with van der Waals surface area (Å²) in [4.78, 5) is 12.9. The van der Waals surface area contributed by atoms with Crippen LogP contribution in [0.25, 0.3) is 0 Å². The Morgan fingerprint density at radius 1 is 1.04 bits per heavy atom. The maximum Gasteiger partial charge on any atom is 0.345 e. The van der Waals surface area contributed by atoms with Gasteiger partial charge in [-0.05, 0) is 29.8 Å². The van der Waals surface area contributed by atoms with Gasteiger partial charge in [-0.25, -0.2) is 4.79 Å². The fourth-order valence-electron chi connectivity index (χ4n) is 3.48. The lowest BCUT2D eigenvalue weighted by molar-refractivity contribution is -0.197. The topological polar surface area (TPSA) is 63.2 Å². The largest absolute Gasteiger partial charge is 0.497 e. The first-order chi connectivity index (χ1) is 13.7. The predicted molar refractivity (Wildman–Crippen MR) is 100 cm³/mol. The Morgan fingerprint density at radius 2 is 1.79 bits per heavy atom. The van der Waals surface area contributed by atoms with Gasteiger partial charge in [-0.3, -0.25) is 0 Å². The number of hydrogen-bond acceptors (Lipinski definition) is 6. The summed E-state index contributed by atoms with van der Waals surface area (Å²) in [7, 11) is 3.12. The standard InChI is InChI=1S/C22H20O6/c1-24-17-10-8-16(9-11-17)22(25-2)18(12-15-6-4-3-5-7-15)20(21(23)28-22)19-13-26-14-27-19/h3-11,13H,12,14H2,1-2H3. The minimum Gasteiger partial charge on any atom is -0.497 e. The van der Waals surface area contributed by atoms with Crippen LogP contribution in [0.1, 0.15) is 11.1 Å². The van der Waals surface area contributed by atoms with Crippen molar-refractivity contribution in [2.24, 2.45) is 0 Å². The van der Waals surface area contributed by atoms with Crippen molar-refractivity contribution in [3.63, 3.8) is 0 Å². The Morgan fingerprint density at radius 3 is 2.39 bits per heavy atom. The smallest absolute Gasteiger partial charge is 0.345 e. The van der Waals surface area contributed by atoms with Crippen molar-refractivity contribution in [3.05, 3.63) is 88.9 Å². The third-order valence-corrected chi connectivity index (χ3v) is 4.84. The molecule has 0 spiro atoms. The molecule has 2 aromatic rings. The van der Waals surface area contributed by atoms with E-state index in [4.69, 9.17) is 23.7 Å². The number of benzene rings is 2. The molecule has 0 radical (unpaired) electrons. The Balaban J connectivity index is 1.87. The fraction of sp³-hybridized carbons (Fsp3) is 0.227. The molecule has 0 saturated carbocycles. The van der Waals surface area contributed by atoms with Crippen LogP contribution in [-0.2, 0) is 35.9 Å². The second kappa shape index (κ2) is 7.40. The summed E-state index contributed by atoms with van der Waals surface area (Å²) < 4.78 is 27.6. The molecule has 0 bridgehead atoms. The van der Waals surface area contributed by atoms with E-state index in [2.05, 4.69) is 0 Å². The lowest BCUT2D eigenvalue weighted by Gasteiger charge is -2.30. The van der Waals surface area contributed by atoms with Crippen molar-refractivity contribution < 1.29 is 28.5 Å². The molecular weight excluding hydrogens is 360 g/mol. The molecule has 0 fully saturated rings. The number of esters is 1. The van der Waals surface area contributed by atoms with Gasteiger partial charge in [0.2, 0.25) is 6.79 Å². The molecule has 2 aromatic carbocycles. The molecule has 6 nitrogen and oxygen atoms in total. The van der Waals surface area contributed by atoms with Crippen molar-refractivity contribution in [1.82, 2.24) is 0 Å². The van der Waals surface area contributed by atoms with Crippen LogP contribution in [-0.4, -0.2) is 27.0 Å². The first-order valence-corrected chi connectivity index (χ1v) is 8.83. The second-order valence-corrected chi connectivity index (χ2v) is 6.37. The van der Waals surface area contributed by atoms with Crippen LogP contribution in [0.5, 0.6) is 5.75 Å². The number of ether oxygens (including phenoxy) is 5. The molecule has 1 atom stereocenters. The molecule has 1 unspecified atom stereocenters. The van der Waals surface area contributed by atoms with E-state index in [-0.39, 0.29) is 6.79 Å². The van der Waals surface area contributed by atoms with Gasteiger partial charge in [0, 0.05) is 24.7 Å². The molecule has 2 aliphatic rings. The van der Waals surface area contributed by atoms with Gasteiger partial charge in [0.05, 0.1) is 7.11 Å². The maximum atomic E-state index is 12.9. The zero-order chi connectivity index (χ0) is 19.6. The minimum absolute atomic E-state index is 0.0627. The van der Waals surface area contributed by atoms with Crippen molar-refractivity contribution in [2.75, 3.05) is 21.0 Å². The Labute approximate surface area is 162 Å². The quantitative estimate of drug-likeness (QED) is 0.716. The average Bonchev–Trinajstić information content (AvgIpc) is 3.35. The number of cyclic esters (lactones) is 1. The van der Waals surface area contributed by atoms with Crippen molar-refractivity contribution in [3.8, 4) is 5.75 Å². The summed E-state index contributed by atoms with van der Waals surface area (Å²) in [5.74, 6) is -0.825. The van der Waals surface area contributed by atoms with Gasteiger partial charge in [0.1, 0.15) is 17.6 Å². The number of methoxy groups -OCH3 is 2. The summed E-state index contributed by atoms with van der Waals surface area (Å²) in [6.07, 6.45) is 1.88. The van der Waals surface area contributed by atoms with Crippen molar-refractivity contribution >= 4 is 5.97 Å². The van der Waals surface area contributed by atoms with Gasteiger partial charge in [0.15, 0.2) is 5.76 Å². The van der Waals surface area contributed by atoms with Crippen LogP contribution in [0.4, 0.5) is 0 Å². The van der Waals surface area contributed by atoms with Crippen LogP contribution in [0.15, 0.2) is 77.8 Å². The fourth-order valence-corrected chi connectivity index (χ4v) is 3.48. The van der Waals surface area contributed by atoms with E-state index >= 15 is 0 Å². The van der Waals surface area contributed by atoms with Gasteiger partial charge >= 0.3 is 5.97 Å². The minimum atomic E-state index is -1.36. The van der Waals surface area contributed by atoms with Crippen LogP contribution >= 0.6 is 0 Å². The van der Waals surface area contributed by atoms with E-state index in [0.29, 0.717) is 34.6 Å². The predicted octanol–water partition coefficient (Wildman–Crippen LogP) is 3.44. The Bertz CT molecular complexity index is 929. The molecular formula is C22H20O6. The highest BCUT2D eigenvalue weighted by Crippen LogP contribution is 2.46. The first kappa shape index (κ1) is 18.1. The molecule has 144 valence electrons. The second-order valence-electron chi connectivity index (χ2n) is 6.37. The highest BCUT2D eigenvalue weighted by Gasteiger charge is 2.51. The zero-order valence-corrected chi connectivity index (χ0v) is 15.6. The normalized spacial score (nSPS) is 21.1. The van der Waals surface area contributed by atoms with Crippen LogP contribution < -0.4 is 4.74 Å². The Hall–Kier alpha value is -3.25. The summed E-state index contributed by atoms with van der Waals surface area (Å²) in [5, 5.41) is 0. The SMILES string of the molecule is COc1ccc(C2(OC)OC(=O)C(C3=COCO3)=C2Cc2ccccc2)cc1. The van der Waals surface area contributed by atoms with Gasteiger partial charge in [-0.15, -0.1) is 0 Å². The molecule has 4 rings (SSSR count). The molecule has 0 aliphatic carbocycles. The van der Waals surface area contributed by atoms with Crippen LogP contribution in [0.2, 0.25) is 0 Å². The van der Waals surface area contributed by atoms with Crippen molar-refractivity contribution in [2.45, 2.75) is 12.2 Å². The van der Waals surface area contributed by atoms with Gasteiger partial charge in [-0.2, -0.15) is 0 Å². The summed E-state index contributed by atoms with van der Waals surface area (Å²) in [6.45, 7) is 0.0627. The average molecular weight is 380 g/mol. The van der Waals surface area contributed by atoms with E-state index < -0.39 is 11.8 Å². The molecule has 0 amide bonds. The van der Waals surface area contributed by atoms with Crippen LogP contribution in [0, 0.1) is 0 Å². The highest BCUT2D eigenvalue weighted by atomic mass is 16.7. The van der Waals surface area contributed by atoms with Crippen LogP contribution in [0.3, 0.4) is 0 Å². The summed E-state index contributed by atoms with van der Waals surface area (Å²) in [6, 6.07) is 17.1. The molecule has 0 aromatic heterocycles. The van der Waals surface area contributed by atoms with Gasteiger partial charge in [-0.1, -0.05) is 30.3 Å². The number of rotatable bonds is 6. The molecule has 2 heterocycles. The number of carbonyl (C=O) groups excluding carboxylic acids is 1. The molecule has 6 heteroatoms. The van der Waals surface area contributed by atoms with E-state index in [1.807, 2.05) is 42.5 Å². The number of hydrogen-bond donors (Lipinski definition) is 0. The molecule has 0 saturated heterocycles. The monoisotopic (exact) mass is 380 g/mol. The highest BCUT2D eigenvalue weighted by molar-refractivity contribution is 5.97. The third-order valence-electron chi connectivity index (χ3n) is 4.84. The maximum absolute atomic E-state index is 12.9. The molecule has 0 N–H and O–H groups in total. The van der Waals surface area contributed by atoms with Crippen molar-refractivity contribution in [1.29, 1.82) is 0 Å². The number of carbonyl (C=O) groups is 1. The van der Waals surface area contributed by atoms with Gasteiger partial charge in [0.25, 0.3) is 5.79 Å². The molecule has 28 heavy (non-hydrogen) atoms. The van der Waals surface area contributed by atoms with E-state index in [1.165, 1.54) is 13.4 Å². The van der Waals surface area contributed by atoms with E-state index in [9.17, 15) is 4.79 Å². The van der Waals surface area contributed by atoms with E-state index in [0.717, 1.165) is 5.56 Å². The lowest BCUT2D eigenvalue weighted by atomic mass is 9.89. The summed E-state index contributed by atoms with van der Waals surface area (Å²) >= 11 is 0.